The second kappa shape index (κ2) is 7.58. The molecule has 1 saturated carbocycles. The minimum atomic E-state index is -0.513. The number of hydrogen-bond donors (Lipinski definition) is 2. The van der Waals surface area contributed by atoms with E-state index in [-0.39, 0.29) is 18.1 Å². The predicted octanol–water partition coefficient (Wildman–Crippen LogP) is 2.02. The van der Waals surface area contributed by atoms with Crippen molar-refractivity contribution in [2.24, 2.45) is 5.92 Å². The Kier molecular flexibility index (Phi) is 5.76. The number of nitrogens with zero attached hydrogens (tertiary/aromatic N) is 1. The van der Waals surface area contributed by atoms with Crippen LogP contribution in [0.15, 0.2) is 27.6 Å². The number of urea groups is 1. The number of halogens is 1. The van der Waals surface area contributed by atoms with E-state index in [2.05, 4.69) is 33.5 Å². The van der Waals surface area contributed by atoms with Crippen LogP contribution >= 0.6 is 15.9 Å². The number of amides is 3. The second-order valence-electron chi connectivity index (χ2n) is 5.70. The molecule has 1 fully saturated rings. The van der Waals surface area contributed by atoms with Crippen LogP contribution in [-0.2, 0) is 11.3 Å². The Bertz CT molecular complexity index is 614. The van der Waals surface area contributed by atoms with Gasteiger partial charge in [0.25, 0.3) is 5.56 Å². The fourth-order valence-electron chi connectivity index (χ4n) is 2.68. The van der Waals surface area contributed by atoms with E-state index < -0.39 is 11.9 Å². The van der Waals surface area contributed by atoms with Gasteiger partial charge in [-0.2, -0.15) is 0 Å². The van der Waals surface area contributed by atoms with Crippen molar-refractivity contribution in [3.05, 3.63) is 33.2 Å². The van der Waals surface area contributed by atoms with Gasteiger partial charge in [-0.25, -0.2) is 4.79 Å². The summed E-state index contributed by atoms with van der Waals surface area (Å²) in [6.45, 7) is 1.92. The fourth-order valence-corrected chi connectivity index (χ4v) is 3.06. The average molecular weight is 370 g/mol. The average Bonchev–Trinajstić information content (AvgIpc) is 2.45. The molecule has 1 aromatic rings. The molecule has 1 heterocycles. The van der Waals surface area contributed by atoms with E-state index in [1.807, 2.05) is 0 Å². The highest BCUT2D eigenvalue weighted by Gasteiger charge is 2.23. The topological polar surface area (TPSA) is 80.2 Å². The first-order valence-corrected chi connectivity index (χ1v) is 8.21. The highest BCUT2D eigenvalue weighted by Crippen LogP contribution is 2.23. The van der Waals surface area contributed by atoms with Crippen LogP contribution in [0.3, 0.4) is 0 Å². The summed E-state index contributed by atoms with van der Waals surface area (Å²) in [5.41, 5.74) is -0.292. The molecule has 0 unspecified atom stereocenters. The Morgan fingerprint density at radius 2 is 2.05 bits per heavy atom. The largest absolute Gasteiger partial charge is 0.335 e. The summed E-state index contributed by atoms with van der Waals surface area (Å²) in [5, 5.41) is 5.12. The van der Waals surface area contributed by atoms with Gasteiger partial charge in [-0.3, -0.25) is 14.9 Å². The molecule has 1 aromatic heterocycles. The van der Waals surface area contributed by atoms with Gasteiger partial charge in [0.15, 0.2) is 0 Å². The Labute approximate surface area is 137 Å². The Hall–Kier alpha value is -1.63. The molecule has 6 nitrogen and oxygen atoms in total. The molecular weight excluding hydrogens is 350 g/mol. The Balaban J connectivity index is 1.87. The van der Waals surface area contributed by atoms with E-state index in [1.54, 1.807) is 6.07 Å². The first-order chi connectivity index (χ1) is 10.5. The number of aromatic nitrogens is 1. The summed E-state index contributed by atoms with van der Waals surface area (Å²) in [6, 6.07) is 2.58. The smallest absolute Gasteiger partial charge is 0.321 e. The van der Waals surface area contributed by atoms with Crippen molar-refractivity contribution < 1.29 is 9.59 Å². The lowest BCUT2D eigenvalue weighted by Gasteiger charge is -2.29. The molecule has 3 amide bonds. The molecule has 1 aliphatic carbocycles. The molecule has 0 aliphatic heterocycles. The van der Waals surface area contributed by atoms with E-state index in [0.29, 0.717) is 10.4 Å². The van der Waals surface area contributed by atoms with Crippen molar-refractivity contribution in [1.29, 1.82) is 0 Å². The lowest BCUT2D eigenvalue weighted by Crippen LogP contribution is -2.48. The monoisotopic (exact) mass is 369 g/mol. The van der Waals surface area contributed by atoms with Crippen LogP contribution in [0.25, 0.3) is 0 Å². The van der Waals surface area contributed by atoms with E-state index in [4.69, 9.17) is 0 Å². The highest BCUT2D eigenvalue weighted by atomic mass is 79.9. The van der Waals surface area contributed by atoms with Gasteiger partial charge >= 0.3 is 6.03 Å². The summed E-state index contributed by atoms with van der Waals surface area (Å²) >= 11 is 3.24. The molecular formula is C15H20BrN3O3. The van der Waals surface area contributed by atoms with Gasteiger partial charge in [0, 0.05) is 22.8 Å². The molecule has 0 saturated heterocycles. The molecule has 7 heteroatoms. The molecule has 0 aromatic carbocycles. The zero-order valence-electron chi connectivity index (χ0n) is 12.5. The SMILES string of the molecule is C[C@@H]1CCCC[C@@H]1NC(=O)NC(=O)Cn1cc(Br)ccc1=O. The number of carbonyl (C=O) groups is 2. The van der Waals surface area contributed by atoms with Gasteiger partial charge in [0.05, 0.1) is 0 Å². The maximum Gasteiger partial charge on any atom is 0.321 e. The normalized spacial score (nSPS) is 21.2. The summed E-state index contributed by atoms with van der Waals surface area (Å²) in [4.78, 5) is 35.3. The minimum absolute atomic E-state index is 0.107. The third-order valence-corrected chi connectivity index (χ3v) is 4.41. The van der Waals surface area contributed by atoms with Crippen molar-refractivity contribution in [1.82, 2.24) is 15.2 Å². The predicted molar refractivity (Wildman–Crippen MR) is 86.5 cm³/mol. The van der Waals surface area contributed by atoms with Crippen LogP contribution in [0, 0.1) is 5.92 Å². The van der Waals surface area contributed by atoms with Crippen molar-refractivity contribution in [3.8, 4) is 0 Å². The van der Waals surface area contributed by atoms with Crippen molar-refractivity contribution in [2.45, 2.75) is 45.2 Å². The molecule has 2 atom stereocenters. The van der Waals surface area contributed by atoms with Crippen LogP contribution in [0.5, 0.6) is 0 Å². The summed E-state index contributed by atoms with van der Waals surface area (Å²) in [5.74, 6) is -0.0940. The summed E-state index contributed by atoms with van der Waals surface area (Å²) in [6.07, 6.45) is 5.82. The number of pyridine rings is 1. The maximum absolute atomic E-state index is 11.9. The summed E-state index contributed by atoms with van der Waals surface area (Å²) < 4.78 is 1.94. The standard InChI is InChI=1S/C15H20BrN3O3/c1-10-4-2-3-5-12(10)17-15(22)18-13(20)9-19-8-11(16)6-7-14(19)21/h6-8,10,12H,2-5,9H2,1H3,(H2,17,18,20,22)/t10-,12+/m1/s1. The lowest BCUT2D eigenvalue weighted by atomic mass is 9.86. The molecule has 22 heavy (non-hydrogen) atoms. The molecule has 0 bridgehead atoms. The minimum Gasteiger partial charge on any atom is -0.335 e. The molecule has 1 aliphatic rings. The Morgan fingerprint density at radius 1 is 1.32 bits per heavy atom. The summed E-state index contributed by atoms with van der Waals surface area (Å²) in [7, 11) is 0. The van der Waals surface area contributed by atoms with Crippen LogP contribution < -0.4 is 16.2 Å². The van der Waals surface area contributed by atoms with Gasteiger partial charge < -0.3 is 9.88 Å². The quantitative estimate of drug-likeness (QED) is 0.854. The van der Waals surface area contributed by atoms with Crippen LogP contribution in [0.4, 0.5) is 4.79 Å². The Morgan fingerprint density at radius 3 is 2.77 bits per heavy atom. The first kappa shape index (κ1) is 16.7. The van der Waals surface area contributed by atoms with Gasteiger partial charge in [0.1, 0.15) is 6.54 Å². The van der Waals surface area contributed by atoms with Crippen LogP contribution in [-0.4, -0.2) is 22.5 Å². The van der Waals surface area contributed by atoms with Gasteiger partial charge in [-0.15, -0.1) is 0 Å². The molecule has 120 valence electrons. The maximum atomic E-state index is 11.9. The van der Waals surface area contributed by atoms with Crippen molar-refractivity contribution in [3.63, 3.8) is 0 Å². The van der Waals surface area contributed by atoms with E-state index >= 15 is 0 Å². The third kappa shape index (κ3) is 4.69. The van der Waals surface area contributed by atoms with Crippen LogP contribution in [0.1, 0.15) is 32.6 Å². The second-order valence-corrected chi connectivity index (χ2v) is 6.62. The van der Waals surface area contributed by atoms with E-state index in [9.17, 15) is 14.4 Å². The number of hydrogen-bond acceptors (Lipinski definition) is 3. The van der Waals surface area contributed by atoms with E-state index in [1.165, 1.54) is 23.3 Å². The third-order valence-electron chi connectivity index (χ3n) is 3.94. The zero-order chi connectivity index (χ0) is 16.1. The molecule has 2 rings (SSSR count). The van der Waals surface area contributed by atoms with Gasteiger partial charge in [-0.1, -0.05) is 19.8 Å². The molecule has 0 radical (unpaired) electrons. The zero-order valence-corrected chi connectivity index (χ0v) is 14.1. The van der Waals surface area contributed by atoms with Gasteiger partial charge in [0.2, 0.25) is 5.91 Å². The lowest BCUT2D eigenvalue weighted by molar-refractivity contribution is -0.120. The fraction of sp³-hybridized carbons (Fsp3) is 0.533. The van der Waals surface area contributed by atoms with Crippen molar-refractivity contribution in [2.75, 3.05) is 0 Å². The number of carbonyl (C=O) groups excluding carboxylic acids is 2. The number of rotatable bonds is 3. The molecule has 0 spiro atoms. The van der Waals surface area contributed by atoms with E-state index in [0.717, 1.165) is 19.3 Å². The molecule has 2 N–H and O–H groups in total. The first-order valence-electron chi connectivity index (χ1n) is 7.42. The number of imide groups is 1. The van der Waals surface area contributed by atoms with Crippen molar-refractivity contribution >= 4 is 27.9 Å². The number of nitrogens with one attached hydrogen (secondary N) is 2. The van der Waals surface area contributed by atoms with Gasteiger partial charge in [-0.05, 0) is 40.8 Å². The highest BCUT2D eigenvalue weighted by molar-refractivity contribution is 9.10. The van der Waals surface area contributed by atoms with Crippen LogP contribution in [0.2, 0.25) is 0 Å².